The van der Waals surface area contributed by atoms with Gasteiger partial charge in [-0.25, -0.2) is 22.6 Å². The number of carbonyl (C=O) groups is 1. The number of aromatic nitrogens is 2. The zero-order chi connectivity index (χ0) is 16.6. The lowest BCUT2D eigenvalue weighted by molar-refractivity contribution is 0.0693. The van der Waals surface area contributed by atoms with Crippen molar-refractivity contribution >= 4 is 32.7 Å². The quantitative estimate of drug-likeness (QED) is 0.676. The highest BCUT2D eigenvalue weighted by Crippen LogP contribution is 2.26. The molecule has 23 heavy (non-hydrogen) atoms. The van der Waals surface area contributed by atoms with Crippen molar-refractivity contribution in [2.75, 3.05) is 4.72 Å². The number of nitrogens with zero attached hydrogens (tertiary/aromatic N) is 1. The van der Waals surface area contributed by atoms with Gasteiger partial charge in [-0.15, -0.1) is 0 Å². The molecule has 2 heterocycles. The van der Waals surface area contributed by atoms with Crippen molar-refractivity contribution in [2.45, 2.75) is 4.90 Å². The van der Waals surface area contributed by atoms with Crippen molar-refractivity contribution in [1.29, 1.82) is 0 Å². The lowest BCUT2D eigenvalue weighted by Gasteiger charge is -2.10. The van der Waals surface area contributed by atoms with Crippen molar-refractivity contribution in [1.82, 2.24) is 9.97 Å². The number of H-pyrrole nitrogens is 1. The van der Waals surface area contributed by atoms with Gasteiger partial charge < -0.3 is 10.1 Å². The molecule has 0 aliphatic carbocycles. The Hall–Kier alpha value is -2.94. The van der Waals surface area contributed by atoms with E-state index in [0.29, 0.717) is 11.0 Å². The van der Waals surface area contributed by atoms with E-state index in [9.17, 15) is 17.6 Å². The summed E-state index contributed by atoms with van der Waals surface area (Å²) >= 11 is 0. The molecular formula is C14H10FN3O4S. The average molecular weight is 335 g/mol. The molecule has 0 fully saturated rings. The first kappa shape index (κ1) is 15.0. The fourth-order valence-electron chi connectivity index (χ4n) is 2.18. The van der Waals surface area contributed by atoms with E-state index in [-0.39, 0.29) is 10.6 Å². The predicted octanol–water partition coefficient (Wildman–Crippen LogP) is 2.20. The smallest absolute Gasteiger partial charge is 0.340 e. The molecule has 0 saturated carbocycles. The third-order valence-electron chi connectivity index (χ3n) is 3.17. The molecule has 3 aromatic rings. The summed E-state index contributed by atoms with van der Waals surface area (Å²) in [5.41, 5.74) is -0.727. The summed E-state index contributed by atoms with van der Waals surface area (Å²) in [5, 5.41) is 9.40. The van der Waals surface area contributed by atoms with Crippen LogP contribution in [-0.2, 0) is 10.0 Å². The highest BCUT2D eigenvalue weighted by atomic mass is 32.2. The molecule has 0 aliphatic rings. The molecule has 3 N–H and O–H groups in total. The molecule has 0 amide bonds. The molecule has 0 atom stereocenters. The van der Waals surface area contributed by atoms with Gasteiger partial charge in [-0.1, -0.05) is 6.07 Å². The van der Waals surface area contributed by atoms with Crippen molar-refractivity contribution in [3.63, 3.8) is 0 Å². The number of aromatic amines is 1. The van der Waals surface area contributed by atoms with E-state index in [1.165, 1.54) is 24.5 Å². The van der Waals surface area contributed by atoms with Gasteiger partial charge in [0.25, 0.3) is 10.0 Å². The molecule has 9 heteroatoms. The fraction of sp³-hybridized carbons (Fsp3) is 0. The Morgan fingerprint density at radius 1 is 1.26 bits per heavy atom. The molecule has 0 spiro atoms. The van der Waals surface area contributed by atoms with Gasteiger partial charge in [-0.3, -0.25) is 4.72 Å². The molecule has 118 valence electrons. The standard InChI is InChI=1S/C14H10FN3O4S/c15-9-4-1-5-10(12(9)14(19)20)18-23(21,22)11-7-17-13-8(11)3-2-6-16-13/h1-7,18H,(H,16,17)(H,19,20). The lowest BCUT2D eigenvalue weighted by Crippen LogP contribution is -2.16. The van der Waals surface area contributed by atoms with Gasteiger partial charge in [0.1, 0.15) is 21.9 Å². The Balaban J connectivity index is 2.10. The number of carboxylic acid groups (broad SMARTS) is 1. The number of carboxylic acids is 1. The number of hydrogen-bond donors (Lipinski definition) is 3. The van der Waals surface area contributed by atoms with Gasteiger partial charge in [0.15, 0.2) is 0 Å². The Kier molecular flexibility index (Phi) is 3.49. The number of halogens is 1. The molecule has 3 rings (SSSR count). The third kappa shape index (κ3) is 2.61. The van der Waals surface area contributed by atoms with Gasteiger partial charge in [0, 0.05) is 17.8 Å². The van der Waals surface area contributed by atoms with Crippen LogP contribution in [-0.4, -0.2) is 29.5 Å². The molecule has 0 saturated heterocycles. The number of aromatic carboxylic acids is 1. The van der Waals surface area contributed by atoms with Crippen LogP contribution in [0.1, 0.15) is 10.4 Å². The van der Waals surface area contributed by atoms with Gasteiger partial charge >= 0.3 is 5.97 Å². The van der Waals surface area contributed by atoms with Crippen molar-refractivity contribution < 1.29 is 22.7 Å². The zero-order valence-electron chi connectivity index (χ0n) is 11.4. The van der Waals surface area contributed by atoms with Crippen molar-refractivity contribution in [3.05, 3.63) is 54.1 Å². The van der Waals surface area contributed by atoms with Gasteiger partial charge in [0.2, 0.25) is 0 Å². The van der Waals surface area contributed by atoms with E-state index in [0.717, 1.165) is 6.07 Å². The highest BCUT2D eigenvalue weighted by Gasteiger charge is 2.23. The number of fused-ring (bicyclic) bond motifs is 1. The summed E-state index contributed by atoms with van der Waals surface area (Å²) in [5.74, 6) is -2.60. The van der Waals surface area contributed by atoms with E-state index >= 15 is 0 Å². The van der Waals surface area contributed by atoms with Crippen LogP contribution in [0.15, 0.2) is 47.6 Å². The maximum atomic E-state index is 13.6. The summed E-state index contributed by atoms with van der Waals surface area (Å²) in [7, 11) is -4.12. The monoisotopic (exact) mass is 335 g/mol. The number of anilines is 1. The number of pyridine rings is 1. The van der Waals surface area contributed by atoms with Crippen LogP contribution < -0.4 is 4.72 Å². The Morgan fingerprint density at radius 2 is 2.04 bits per heavy atom. The Labute approximate surface area is 129 Å². The zero-order valence-corrected chi connectivity index (χ0v) is 12.3. The second kappa shape index (κ2) is 5.36. The summed E-state index contributed by atoms with van der Waals surface area (Å²) in [6, 6.07) is 6.46. The maximum absolute atomic E-state index is 13.6. The van der Waals surface area contributed by atoms with Gasteiger partial charge in [-0.05, 0) is 24.3 Å². The number of sulfonamides is 1. The van der Waals surface area contributed by atoms with Gasteiger partial charge in [0.05, 0.1) is 5.69 Å². The van der Waals surface area contributed by atoms with Gasteiger partial charge in [-0.2, -0.15) is 0 Å². The largest absolute Gasteiger partial charge is 0.478 e. The molecule has 2 aromatic heterocycles. The van der Waals surface area contributed by atoms with Crippen LogP contribution in [0.3, 0.4) is 0 Å². The van der Waals surface area contributed by atoms with E-state index in [4.69, 9.17) is 5.11 Å². The minimum Gasteiger partial charge on any atom is -0.478 e. The average Bonchev–Trinajstić information content (AvgIpc) is 2.91. The van der Waals surface area contributed by atoms with Crippen molar-refractivity contribution in [2.24, 2.45) is 0 Å². The first-order chi connectivity index (χ1) is 10.9. The summed E-state index contributed by atoms with van der Waals surface area (Å²) in [4.78, 5) is 17.7. The lowest BCUT2D eigenvalue weighted by atomic mass is 10.2. The van der Waals surface area contributed by atoms with E-state index in [2.05, 4.69) is 14.7 Å². The maximum Gasteiger partial charge on any atom is 0.340 e. The SMILES string of the molecule is O=C(O)c1c(F)cccc1NS(=O)(=O)c1c[nH]c2ncccc12. The van der Waals surface area contributed by atoms with Crippen LogP contribution in [0.5, 0.6) is 0 Å². The Bertz CT molecular complexity index is 1010. The molecule has 0 radical (unpaired) electrons. The van der Waals surface area contributed by atoms with Crippen LogP contribution in [0.2, 0.25) is 0 Å². The summed E-state index contributed by atoms with van der Waals surface area (Å²) < 4.78 is 40.7. The van der Waals surface area contributed by atoms with E-state index in [1.807, 2.05) is 0 Å². The summed E-state index contributed by atoms with van der Waals surface area (Å²) in [6.07, 6.45) is 2.73. The molecule has 0 aliphatic heterocycles. The molecule has 0 unspecified atom stereocenters. The van der Waals surface area contributed by atoms with Crippen LogP contribution >= 0.6 is 0 Å². The highest BCUT2D eigenvalue weighted by molar-refractivity contribution is 7.93. The van der Waals surface area contributed by atoms with E-state index in [1.54, 1.807) is 12.1 Å². The predicted molar refractivity (Wildman–Crippen MR) is 80.3 cm³/mol. The molecule has 1 aromatic carbocycles. The normalized spacial score (nSPS) is 11.5. The summed E-state index contributed by atoms with van der Waals surface area (Å²) in [6.45, 7) is 0. The fourth-order valence-corrected chi connectivity index (χ4v) is 3.42. The number of rotatable bonds is 4. The van der Waals surface area contributed by atoms with Crippen LogP contribution in [0, 0.1) is 5.82 Å². The number of hydrogen-bond acceptors (Lipinski definition) is 4. The van der Waals surface area contributed by atoms with Crippen LogP contribution in [0.4, 0.5) is 10.1 Å². The van der Waals surface area contributed by atoms with Crippen molar-refractivity contribution in [3.8, 4) is 0 Å². The topological polar surface area (TPSA) is 112 Å². The second-order valence-corrected chi connectivity index (χ2v) is 6.28. The third-order valence-corrected chi connectivity index (χ3v) is 4.58. The molecular weight excluding hydrogens is 325 g/mol. The Morgan fingerprint density at radius 3 is 2.78 bits per heavy atom. The molecule has 0 bridgehead atoms. The number of benzene rings is 1. The molecule has 7 nitrogen and oxygen atoms in total. The minimum absolute atomic E-state index is 0.110. The first-order valence-corrected chi connectivity index (χ1v) is 7.85. The number of nitrogens with one attached hydrogen (secondary N) is 2. The first-order valence-electron chi connectivity index (χ1n) is 6.37. The van der Waals surface area contributed by atoms with Crippen LogP contribution in [0.25, 0.3) is 11.0 Å². The minimum atomic E-state index is -4.12. The second-order valence-electron chi connectivity index (χ2n) is 4.63. The van der Waals surface area contributed by atoms with E-state index < -0.39 is 27.4 Å².